The lowest BCUT2D eigenvalue weighted by atomic mass is 10.1. The highest BCUT2D eigenvalue weighted by Crippen LogP contribution is 2.30. The third kappa shape index (κ3) is 4.94. The molecular formula is C21H26N2O2S. The number of thiophene rings is 1. The second kappa shape index (κ2) is 8.49. The van der Waals surface area contributed by atoms with Crippen LogP contribution < -0.4 is 5.32 Å². The minimum absolute atomic E-state index is 0.104. The Morgan fingerprint density at radius 1 is 1.19 bits per heavy atom. The van der Waals surface area contributed by atoms with Gasteiger partial charge in [0.05, 0.1) is 6.42 Å². The third-order valence-electron chi connectivity index (χ3n) is 4.90. The van der Waals surface area contributed by atoms with Crippen molar-refractivity contribution in [3.63, 3.8) is 0 Å². The van der Waals surface area contributed by atoms with Gasteiger partial charge in [0.25, 0.3) is 0 Å². The number of rotatable bonds is 8. The molecule has 4 nitrogen and oxygen atoms in total. The van der Waals surface area contributed by atoms with E-state index in [4.69, 9.17) is 0 Å². The molecule has 0 radical (unpaired) electrons. The molecule has 0 aliphatic heterocycles. The summed E-state index contributed by atoms with van der Waals surface area (Å²) in [5.41, 5.74) is 2.95. The van der Waals surface area contributed by atoms with Crippen LogP contribution in [0, 0.1) is 5.92 Å². The summed E-state index contributed by atoms with van der Waals surface area (Å²) in [5.74, 6) is 0.435. The first-order valence-corrected chi connectivity index (χ1v) is 10.2. The van der Waals surface area contributed by atoms with Gasteiger partial charge in [-0.3, -0.25) is 9.59 Å². The second-order valence-corrected chi connectivity index (χ2v) is 7.83. The van der Waals surface area contributed by atoms with Crippen molar-refractivity contribution in [2.45, 2.75) is 52.1 Å². The molecule has 0 saturated heterocycles. The maximum Gasteiger partial charge on any atom is 0.227 e. The Hall–Kier alpha value is -2.14. The zero-order valence-corrected chi connectivity index (χ0v) is 16.2. The monoisotopic (exact) mass is 370 g/mol. The van der Waals surface area contributed by atoms with Crippen molar-refractivity contribution in [3.8, 4) is 0 Å². The van der Waals surface area contributed by atoms with Gasteiger partial charge in [-0.1, -0.05) is 19.1 Å². The molecule has 1 fully saturated rings. The number of hydrogen-bond acceptors (Lipinski definition) is 3. The van der Waals surface area contributed by atoms with Crippen molar-refractivity contribution < 1.29 is 9.59 Å². The van der Waals surface area contributed by atoms with Crippen molar-refractivity contribution in [3.05, 3.63) is 52.2 Å². The minimum Gasteiger partial charge on any atom is -0.335 e. The lowest BCUT2D eigenvalue weighted by molar-refractivity contribution is -0.133. The molecule has 2 amide bonds. The maximum absolute atomic E-state index is 12.9. The SMILES string of the molecule is CC[C@H](C)N(Cc1ccsc1)C(=O)Cc1ccc(NC(=O)C2CC2)cc1. The molecule has 1 aliphatic rings. The Morgan fingerprint density at radius 3 is 2.50 bits per heavy atom. The molecule has 138 valence electrons. The van der Waals surface area contributed by atoms with E-state index in [1.807, 2.05) is 34.5 Å². The number of benzene rings is 1. The summed E-state index contributed by atoms with van der Waals surface area (Å²) in [5, 5.41) is 7.07. The molecule has 1 aliphatic carbocycles. The zero-order valence-electron chi connectivity index (χ0n) is 15.4. The average molecular weight is 371 g/mol. The quantitative estimate of drug-likeness (QED) is 0.745. The molecule has 0 bridgehead atoms. The van der Waals surface area contributed by atoms with E-state index in [1.54, 1.807) is 11.3 Å². The number of anilines is 1. The predicted molar refractivity (Wildman–Crippen MR) is 106 cm³/mol. The van der Waals surface area contributed by atoms with Gasteiger partial charge in [0.2, 0.25) is 11.8 Å². The molecular weight excluding hydrogens is 344 g/mol. The lowest BCUT2D eigenvalue weighted by Gasteiger charge is -2.28. The van der Waals surface area contributed by atoms with Gasteiger partial charge in [-0.05, 0) is 66.3 Å². The van der Waals surface area contributed by atoms with E-state index in [-0.39, 0.29) is 23.8 Å². The molecule has 1 aromatic carbocycles. The van der Waals surface area contributed by atoms with Crippen LogP contribution in [-0.2, 0) is 22.6 Å². The van der Waals surface area contributed by atoms with Crippen LogP contribution >= 0.6 is 11.3 Å². The normalized spacial score (nSPS) is 14.7. The van der Waals surface area contributed by atoms with E-state index in [0.29, 0.717) is 13.0 Å². The van der Waals surface area contributed by atoms with E-state index < -0.39 is 0 Å². The number of nitrogens with zero attached hydrogens (tertiary/aromatic N) is 1. The zero-order chi connectivity index (χ0) is 18.5. The van der Waals surface area contributed by atoms with E-state index in [1.165, 1.54) is 5.56 Å². The molecule has 1 heterocycles. The van der Waals surface area contributed by atoms with Crippen LogP contribution in [0.1, 0.15) is 44.2 Å². The van der Waals surface area contributed by atoms with Crippen molar-refractivity contribution >= 4 is 28.8 Å². The fraction of sp³-hybridized carbons (Fsp3) is 0.429. The van der Waals surface area contributed by atoms with Crippen LogP contribution in [0.2, 0.25) is 0 Å². The van der Waals surface area contributed by atoms with Gasteiger partial charge < -0.3 is 10.2 Å². The van der Waals surface area contributed by atoms with E-state index >= 15 is 0 Å². The Balaban J connectivity index is 1.61. The van der Waals surface area contributed by atoms with Crippen LogP contribution in [0.15, 0.2) is 41.1 Å². The Bertz CT molecular complexity index is 736. The Morgan fingerprint density at radius 2 is 1.92 bits per heavy atom. The maximum atomic E-state index is 12.9. The van der Waals surface area contributed by atoms with Crippen molar-refractivity contribution in [2.75, 3.05) is 5.32 Å². The number of hydrogen-bond donors (Lipinski definition) is 1. The van der Waals surface area contributed by atoms with Crippen LogP contribution in [0.25, 0.3) is 0 Å². The fourth-order valence-corrected chi connectivity index (χ4v) is 3.52. The highest BCUT2D eigenvalue weighted by molar-refractivity contribution is 7.07. The summed E-state index contributed by atoms with van der Waals surface area (Å²) < 4.78 is 0. The number of amides is 2. The van der Waals surface area contributed by atoms with Crippen molar-refractivity contribution in [2.24, 2.45) is 5.92 Å². The number of carbonyl (C=O) groups is 2. The molecule has 26 heavy (non-hydrogen) atoms. The largest absolute Gasteiger partial charge is 0.335 e. The summed E-state index contributed by atoms with van der Waals surface area (Å²) in [6.07, 6.45) is 3.30. The molecule has 1 N–H and O–H groups in total. The van der Waals surface area contributed by atoms with Crippen LogP contribution in [0.5, 0.6) is 0 Å². The third-order valence-corrected chi connectivity index (χ3v) is 5.63. The highest BCUT2D eigenvalue weighted by atomic mass is 32.1. The molecule has 1 atom stereocenters. The van der Waals surface area contributed by atoms with Crippen LogP contribution in [0.3, 0.4) is 0 Å². The first-order valence-electron chi connectivity index (χ1n) is 9.27. The summed E-state index contributed by atoms with van der Waals surface area (Å²) in [7, 11) is 0. The van der Waals surface area contributed by atoms with Crippen LogP contribution in [0.4, 0.5) is 5.69 Å². The molecule has 5 heteroatoms. The average Bonchev–Trinajstić information content (AvgIpc) is 3.37. The Labute approximate surface area is 159 Å². The Kier molecular flexibility index (Phi) is 6.09. The van der Waals surface area contributed by atoms with Gasteiger partial charge in [-0.15, -0.1) is 0 Å². The van der Waals surface area contributed by atoms with E-state index in [0.717, 1.165) is 30.5 Å². The standard InChI is InChI=1S/C21H26N2O2S/c1-3-15(2)23(13-17-10-11-26-14-17)20(24)12-16-4-8-19(9-5-16)22-21(25)18-6-7-18/h4-5,8-11,14-15,18H,3,6-7,12-13H2,1-2H3,(H,22,25)/t15-/m0/s1. The molecule has 2 aromatic rings. The van der Waals surface area contributed by atoms with Gasteiger partial charge in [-0.2, -0.15) is 11.3 Å². The van der Waals surface area contributed by atoms with Crippen LogP contribution in [-0.4, -0.2) is 22.8 Å². The summed E-state index contributed by atoms with van der Waals surface area (Å²) in [4.78, 5) is 26.6. The molecule has 3 rings (SSSR count). The van der Waals surface area contributed by atoms with Crippen molar-refractivity contribution in [1.29, 1.82) is 0 Å². The van der Waals surface area contributed by atoms with Gasteiger partial charge in [0.15, 0.2) is 0 Å². The van der Waals surface area contributed by atoms with E-state index in [9.17, 15) is 9.59 Å². The molecule has 1 saturated carbocycles. The lowest BCUT2D eigenvalue weighted by Crippen LogP contribution is -2.38. The fourth-order valence-electron chi connectivity index (χ4n) is 2.86. The minimum atomic E-state index is 0.104. The van der Waals surface area contributed by atoms with Gasteiger partial charge >= 0.3 is 0 Å². The van der Waals surface area contributed by atoms with Gasteiger partial charge in [0, 0.05) is 24.2 Å². The number of nitrogens with one attached hydrogen (secondary N) is 1. The topological polar surface area (TPSA) is 49.4 Å². The highest BCUT2D eigenvalue weighted by Gasteiger charge is 2.29. The number of carbonyl (C=O) groups excluding carboxylic acids is 2. The summed E-state index contributed by atoms with van der Waals surface area (Å²) in [6.45, 7) is 4.86. The first-order chi connectivity index (χ1) is 12.6. The summed E-state index contributed by atoms with van der Waals surface area (Å²) in [6, 6.07) is 9.91. The predicted octanol–water partition coefficient (Wildman–Crippen LogP) is 4.47. The van der Waals surface area contributed by atoms with Gasteiger partial charge in [-0.25, -0.2) is 0 Å². The van der Waals surface area contributed by atoms with Crippen molar-refractivity contribution in [1.82, 2.24) is 4.90 Å². The van der Waals surface area contributed by atoms with Gasteiger partial charge in [0.1, 0.15) is 0 Å². The second-order valence-electron chi connectivity index (χ2n) is 7.05. The van der Waals surface area contributed by atoms with E-state index in [2.05, 4.69) is 30.6 Å². The summed E-state index contributed by atoms with van der Waals surface area (Å²) >= 11 is 1.66. The first kappa shape index (κ1) is 18.6. The molecule has 0 spiro atoms. The smallest absolute Gasteiger partial charge is 0.227 e. The molecule has 1 aromatic heterocycles. The molecule has 0 unspecified atom stereocenters.